The highest BCUT2D eigenvalue weighted by Gasteiger charge is 2.19. The smallest absolute Gasteiger partial charge is 0.253 e. The van der Waals surface area contributed by atoms with E-state index in [9.17, 15) is 9.59 Å². The molecule has 2 aromatic carbocycles. The third kappa shape index (κ3) is 6.67. The van der Waals surface area contributed by atoms with Gasteiger partial charge in [0, 0.05) is 63.0 Å². The molecule has 3 heterocycles. The molecule has 0 spiro atoms. The van der Waals surface area contributed by atoms with Gasteiger partial charge in [-0.3, -0.25) is 19.3 Å². The van der Waals surface area contributed by atoms with Gasteiger partial charge in [-0.15, -0.1) is 0 Å². The van der Waals surface area contributed by atoms with Crippen molar-refractivity contribution < 1.29 is 14.3 Å². The molecule has 2 bridgehead atoms. The largest absolute Gasteiger partial charge is 0.491 e. The predicted octanol–water partition coefficient (Wildman–Crippen LogP) is 3.70. The molecule has 39 heavy (non-hydrogen) atoms. The normalized spacial score (nSPS) is 14.3. The maximum atomic E-state index is 13.2. The van der Waals surface area contributed by atoms with Crippen LogP contribution < -0.4 is 4.74 Å². The summed E-state index contributed by atoms with van der Waals surface area (Å²) >= 11 is 0. The van der Waals surface area contributed by atoms with E-state index in [1.807, 2.05) is 54.7 Å². The molecule has 4 aromatic rings. The number of aryl methyl sites for hydroxylation is 1. The molecule has 1 aliphatic heterocycles. The van der Waals surface area contributed by atoms with E-state index in [0.717, 1.165) is 28.0 Å². The van der Waals surface area contributed by atoms with Gasteiger partial charge in [-0.2, -0.15) is 5.10 Å². The zero-order chi connectivity index (χ0) is 27.0. The Morgan fingerprint density at radius 3 is 2.69 bits per heavy atom. The summed E-state index contributed by atoms with van der Waals surface area (Å²) in [5.74, 6) is 0.737. The van der Waals surface area contributed by atoms with Crippen molar-refractivity contribution in [1.82, 2.24) is 29.5 Å². The zero-order valence-corrected chi connectivity index (χ0v) is 22.1. The Labute approximate surface area is 228 Å². The van der Waals surface area contributed by atoms with Gasteiger partial charge >= 0.3 is 0 Å². The van der Waals surface area contributed by atoms with Crippen molar-refractivity contribution >= 4 is 11.8 Å². The minimum absolute atomic E-state index is 0.0285. The summed E-state index contributed by atoms with van der Waals surface area (Å²) in [6.07, 6.45) is 8.37. The van der Waals surface area contributed by atoms with Gasteiger partial charge in [0.1, 0.15) is 25.0 Å². The monoisotopic (exact) mass is 524 g/mol. The number of hydrogen-bond donors (Lipinski definition) is 0. The molecule has 2 aromatic heterocycles. The highest BCUT2D eigenvalue weighted by Crippen LogP contribution is 2.29. The van der Waals surface area contributed by atoms with Crippen LogP contribution in [0.4, 0.5) is 0 Å². The molecular weight excluding hydrogens is 492 g/mol. The maximum absolute atomic E-state index is 13.2. The van der Waals surface area contributed by atoms with Crippen molar-refractivity contribution in [3.63, 3.8) is 0 Å². The van der Waals surface area contributed by atoms with Crippen LogP contribution in [0.25, 0.3) is 11.1 Å². The van der Waals surface area contributed by atoms with Crippen LogP contribution in [0.5, 0.6) is 5.75 Å². The number of ether oxygens (including phenoxy) is 1. The van der Waals surface area contributed by atoms with Crippen LogP contribution in [0.3, 0.4) is 0 Å². The second-order valence-electron chi connectivity index (χ2n) is 9.66. The Morgan fingerprint density at radius 2 is 1.87 bits per heavy atom. The number of pyridine rings is 1. The first kappa shape index (κ1) is 26.1. The molecule has 9 heteroatoms. The van der Waals surface area contributed by atoms with Gasteiger partial charge in [-0.05, 0) is 53.4 Å². The number of amides is 2. The summed E-state index contributed by atoms with van der Waals surface area (Å²) < 4.78 is 7.99. The molecule has 0 atom stereocenters. The van der Waals surface area contributed by atoms with Crippen LogP contribution in [0, 0.1) is 0 Å². The van der Waals surface area contributed by atoms with Crippen molar-refractivity contribution in [3.8, 4) is 16.9 Å². The standard InChI is InChI=1S/C30H32N6O3/c1-34-13-14-35(29(37)8-4-12-36-22-32-21-33-36)15-16-39-28-10-9-24(26-7-3-11-31-20-26)19-27(28)18-23-5-2-6-25(17-23)30(34)38/h2-3,5-7,9-11,17,19-22H,4,8,12-16,18H2,1H3. The minimum Gasteiger partial charge on any atom is -0.491 e. The van der Waals surface area contributed by atoms with Crippen LogP contribution >= 0.6 is 0 Å². The second-order valence-corrected chi connectivity index (χ2v) is 9.66. The van der Waals surface area contributed by atoms with Crippen LogP contribution in [-0.2, 0) is 17.8 Å². The molecular formula is C30H32N6O3. The Morgan fingerprint density at radius 1 is 0.974 bits per heavy atom. The third-order valence-electron chi connectivity index (χ3n) is 6.89. The Bertz CT molecular complexity index is 1410. The van der Waals surface area contributed by atoms with Gasteiger partial charge in [-0.25, -0.2) is 4.98 Å². The van der Waals surface area contributed by atoms with Crippen LogP contribution in [-0.4, -0.2) is 74.7 Å². The van der Waals surface area contributed by atoms with E-state index in [0.29, 0.717) is 57.6 Å². The van der Waals surface area contributed by atoms with Crippen molar-refractivity contribution in [2.75, 3.05) is 33.3 Å². The highest BCUT2D eigenvalue weighted by molar-refractivity contribution is 5.94. The molecule has 0 saturated heterocycles. The Balaban J connectivity index is 1.39. The summed E-state index contributed by atoms with van der Waals surface area (Å²) in [4.78, 5) is 38.0. The number of likely N-dealkylation sites (N-methyl/N-ethyl adjacent to an activating group) is 1. The van der Waals surface area contributed by atoms with Gasteiger partial charge in [0.05, 0.1) is 6.54 Å². The maximum Gasteiger partial charge on any atom is 0.253 e. The molecule has 0 radical (unpaired) electrons. The lowest BCUT2D eigenvalue weighted by Crippen LogP contribution is -2.41. The van der Waals surface area contributed by atoms with Crippen molar-refractivity contribution in [3.05, 3.63) is 96.3 Å². The van der Waals surface area contributed by atoms with E-state index in [1.54, 1.807) is 34.1 Å². The first-order chi connectivity index (χ1) is 19.1. The van der Waals surface area contributed by atoms with Gasteiger partial charge in [0.2, 0.25) is 5.91 Å². The molecule has 0 unspecified atom stereocenters. The topological polar surface area (TPSA) is 93.5 Å². The van der Waals surface area contributed by atoms with Gasteiger partial charge in [0.15, 0.2) is 0 Å². The van der Waals surface area contributed by atoms with Crippen molar-refractivity contribution in [2.24, 2.45) is 0 Å². The lowest BCUT2D eigenvalue weighted by Gasteiger charge is -2.27. The molecule has 200 valence electrons. The summed E-state index contributed by atoms with van der Waals surface area (Å²) in [5.41, 5.74) is 4.74. The number of rotatable bonds is 5. The molecule has 0 aliphatic carbocycles. The van der Waals surface area contributed by atoms with E-state index in [1.165, 1.54) is 6.33 Å². The van der Waals surface area contributed by atoms with E-state index in [-0.39, 0.29) is 11.8 Å². The SMILES string of the molecule is CN1CCN(C(=O)CCCn2cncn2)CCOc2ccc(-c3cccnc3)cc2Cc2cccc(c2)C1=O. The predicted molar refractivity (Wildman–Crippen MR) is 147 cm³/mol. The fourth-order valence-electron chi connectivity index (χ4n) is 4.72. The number of aromatic nitrogens is 4. The van der Waals surface area contributed by atoms with E-state index in [2.05, 4.69) is 21.1 Å². The summed E-state index contributed by atoms with van der Waals surface area (Å²) in [6.45, 7) is 2.27. The second kappa shape index (κ2) is 12.3. The average Bonchev–Trinajstić information content (AvgIpc) is 3.48. The zero-order valence-electron chi connectivity index (χ0n) is 22.1. The molecule has 0 N–H and O–H groups in total. The van der Waals surface area contributed by atoms with Crippen molar-refractivity contribution in [1.29, 1.82) is 0 Å². The third-order valence-corrected chi connectivity index (χ3v) is 6.89. The number of carbonyl (C=O) groups is 2. The Kier molecular flexibility index (Phi) is 8.26. The first-order valence-corrected chi connectivity index (χ1v) is 13.2. The average molecular weight is 525 g/mol. The van der Waals surface area contributed by atoms with Crippen LogP contribution in [0.15, 0.2) is 79.6 Å². The summed E-state index contributed by atoms with van der Waals surface area (Å²) in [7, 11) is 1.78. The highest BCUT2D eigenvalue weighted by atomic mass is 16.5. The molecule has 9 nitrogen and oxygen atoms in total. The van der Waals surface area contributed by atoms with Crippen LogP contribution in [0.1, 0.15) is 34.3 Å². The summed E-state index contributed by atoms with van der Waals surface area (Å²) in [5, 5.41) is 4.10. The van der Waals surface area contributed by atoms with E-state index < -0.39 is 0 Å². The minimum atomic E-state index is -0.0620. The quantitative estimate of drug-likeness (QED) is 0.395. The van der Waals surface area contributed by atoms with Crippen LogP contribution in [0.2, 0.25) is 0 Å². The van der Waals surface area contributed by atoms with E-state index >= 15 is 0 Å². The number of nitrogens with zero attached hydrogens (tertiary/aromatic N) is 6. The molecule has 0 fully saturated rings. The fraction of sp³-hybridized carbons (Fsp3) is 0.300. The number of carbonyl (C=O) groups excluding carboxylic acids is 2. The summed E-state index contributed by atoms with van der Waals surface area (Å²) in [6, 6.07) is 17.8. The van der Waals surface area contributed by atoms with Crippen molar-refractivity contribution in [2.45, 2.75) is 25.8 Å². The number of fused-ring (bicyclic) bond motifs is 3. The number of benzene rings is 2. The molecule has 0 saturated carbocycles. The fourth-order valence-corrected chi connectivity index (χ4v) is 4.72. The molecule has 1 aliphatic rings. The molecule has 2 amide bonds. The first-order valence-electron chi connectivity index (χ1n) is 13.2. The Hall–Kier alpha value is -4.53. The van der Waals surface area contributed by atoms with Gasteiger partial charge < -0.3 is 14.5 Å². The lowest BCUT2D eigenvalue weighted by atomic mass is 9.98. The van der Waals surface area contributed by atoms with Gasteiger partial charge in [-0.1, -0.05) is 24.3 Å². The number of hydrogen-bond acceptors (Lipinski definition) is 6. The van der Waals surface area contributed by atoms with E-state index in [4.69, 9.17) is 4.74 Å². The lowest BCUT2D eigenvalue weighted by molar-refractivity contribution is -0.131. The molecule has 5 rings (SSSR count). The van der Waals surface area contributed by atoms with Gasteiger partial charge in [0.25, 0.3) is 5.91 Å².